The second kappa shape index (κ2) is 5.08. The van der Waals surface area contributed by atoms with E-state index in [0.29, 0.717) is 12.5 Å². The summed E-state index contributed by atoms with van der Waals surface area (Å²) in [5, 5.41) is 10.6. The van der Waals surface area contributed by atoms with Crippen LogP contribution in [0.4, 0.5) is 5.82 Å². The van der Waals surface area contributed by atoms with Crippen molar-refractivity contribution in [2.24, 2.45) is 0 Å². The van der Waals surface area contributed by atoms with Gasteiger partial charge in [-0.1, -0.05) is 24.3 Å². The van der Waals surface area contributed by atoms with Crippen LogP contribution in [0.5, 0.6) is 0 Å². The number of nitrogens with zero attached hydrogens (tertiary/aromatic N) is 3. The number of hydrogen-bond donors (Lipinski definition) is 0. The topological polar surface area (TPSA) is 38.2 Å². The van der Waals surface area contributed by atoms with Crippen LogP contribution in [0.3, 0.4) is 0 Å². The molecule has 0 amide bonds. The minimum atomic E-state index is 0.0705. The van der Waals surface area contributed by atoms with Gasteiger partial charge in [-0.15, -0.1) is 16.7 Å². The number of ether oxygens (including phenoxy) is 1. The van der Waals surface area contributed by atoms with Crippen LogP contribution in [0.2, 0.25) is 0 Å². The Hall–Kier alpha value is -1.39. The zero-order valence-corrected chi connectivity index (χ0v) is 10.7. The van der Waals surface area contributed by atoms with E-state index >= 15 is 0 Å². The summed E-state index contributed by atoms with van der Waals surface area (Å²) in [5.41, 5.74) is 0. The molecule has 4 nitrogen and oxygen atoms in total. The largest absolute Gasteiger partial charge is 0.373 e. The Balaban J connectivity index is 1.98. The molecule has 0 saturated carbocycles. The molecule has 2 heterocycles. The van der Waals surface area contributed by atoms with E-state index in [1.165, 1.54) is 0 Å². The van der Waals surface area contributed by atoms with Crippen molar-refractivity contribution in [2.75, 3.05) is 30.5 Å². The zero-order chi connectivity index (χ0) is 12.4. The summed E-state index contributed by atoms with van der Waals surface area (Å²) >= 11 is 5.86. The number of rotatable bonds is 2. The van der Waals surface area contributed by atoms with Crippen LogP contribution in [0.25, 0.3) is 10.8 Å². The first kappa shape index (κ1) is 11.7. The van der Waals surface area contributed by atoms with Crippen molar-refractivity contribution in [3.63, 3.8) is 0 Å². The summed E-state index contributed by atoms with van der Waals surface area (Å²) < 4.78 is 5.57. The van der Waals surface area contributed by atoms with Crippen LogP contribution < -0.4 is 4.90 Å². The van der Waals surface area contributed by atoms with Gasteiger partial charge < -0.3 is 9.64 Å². The van der Waals surface area contributed by atoms with Crippen molar-refractivity contribution in [3.05, 3.63) is 30.5 Å². The lowest BCUT2D eigenvalue weighted by atomic mass is 10.1. The van der Waals surface area contributed by atoms with Crippen molar-refractivity contribution >= 4 is 28.2 Å². The van der Waals surface area contributed by atoms with E-state index in [9.17, 15) is 0 Å². The molecule has 1 aliphatic rings. The molecular weight excluding hydrogens is 250 g/mol. The molecule has 0 N–H and O–H groups in total. The highest BCUT2D eigenvalue weighted by atomic mass is 35.5. The van der Waals surface area contributed by atoms with Gasteiger partial charge in [-0.05, 0) is 0 Å². The molecule has 1 atom stereocenters. The Morgan fingerprint density at radius 2 is 2.28 bits per heavy atom. The van der Waals surface area contributed by atoms with E-state index in [1.807, 2.05) is 18.2 Å². The number of hydrogen-bond acceptors (Lipinski definition) is 4. The van der Waals surface area contributed by atoms with Gasteiger partial charge in [0.25, 0.3) is 0 Å². The summed E-state index contributed by atoms with van der Waals surface area (Å²) in [7, 11) is 0. The van der Waals surface area contributed by atoms with Crippen molar-refractivity contribution < 1.29 is 4.74 Å². The second-order valence-electron chi connectivity index (χ2n) is 4.35. The fourth-order valence-electron chi connectivity index (χ4n) is 2.25. The second-order valence-corrected chi connectivity index (χ2v) is 4.66. The molecule has 0 radical (unpaired) electrons. The predicted molar refractivity (Wildman–Crippen MR) is 72.2 cm³/mol. The fraction of sp³-hybridized carbons (Fsp3) is 0.385. The number of halogens is 1. The number of fused-ring (bicyclic) bond motifs is 1. The zero-order valence-electron chi connectivity index (χ0n) is 9.92. The summed E-state index contributed by atoms with van der Waals surface area (Å²) in [4.78, 5) is 2.20. The quantitative estimate of drug-likeness (QED) is 0.778. The Morgan fingerprint density at radius 1 is 1.39 bits per heavy atom. The number of alkyl halides is 1. The third kappa shape index (κ3) is 2.13. The highest BCUT2D eigenvalue weighted by Gasteiger charge is 2.22. The molecule has 94 valence electrons. The van der Waals surface area contributed by atoms with Crippen LogP contribution in [-0.2, 0) is 4.74 Å². The Bertz CT molecular complexity index is 543. The van der Waals surface area contributed by atoms with Gasteiger partial charge in [0.15, 0.2) is 5.82 Å². The van der Waals surface area contributed by atoms with E-state index in [1.54, 1.807) is 6.20 Å². The first-order valence-electron chi connectivity index (χ1n) is 6.01. The molecule has 0 bridgehead atoms. The van der Waals surface area contributed by atoms with Crippen LogP contribution in [-0.4, -0.2) is 41.9 Å². The molecular formula is C13H14ClN3O. The molecule has 0 aliphatic carbocycles. The van der Waals surface area contributed by atoms with E-state index in [0.717, 1.165) is 29.7 Å². The summed E-state index contributed by atoms with van der Waals surface area (Å²) in [6.07, 6.45) is 1.86. The summed E-state index contributed by atoms with van der Waals surface area (Å²) in [6.45, 7) is 2.28. The lowest BCUT2D eigenvalue weighted by molar-refractivity contribution is 0.0552. The third-order valence-corrected chi connectivity index (χ3v) is 3.51. The molecule has 3 rings (SSSR count). The number of anilines is 1. The van der Waals surface area contributed by atoms with Gasteiger partial charge >= 0.3 is 0 Å². The van der Waals surface area contributed by atoms with Gasteiger partial charge in [0.05, 0.1) is 24.8 Å². The molecule has 1 unspecified atom stereocenters. The average molecular weight is 264 g/mol. The molecule has 1 aliphatic heterocycles. The van der Waals surface area contributed by atoms with E-state index in [4.69, 9.17) is 16.3 Å². The van der Waals surface area contributed by atoms with Gasteiger partial charge in [0, 0.05) is 23.9 Å². The van der Waals surface area contributed by atoms with E-state index < -0.39 is 0 Å². The first-order chi connectivity index (χ1) is 8.88. The Morgan fingerprint density at radius 3 is 3.17 bits per heavy atom. The standard InChI is InChI=1S/C13H14ClN3O/c14-7-11-9-17(5-6-18-11)13-12-4-2-1-3-10(12)8-15-16-13/h1-4,8,11H,5-7,9H2. The third-order valence-electron chi connectivity index (χ3n) is 3.16. The van der Waals surface area contributed by atoms with Gasteiger partial charge in [-0.3, -0.25) is 0 Å². The molecule has 1 aromatic heterocycles. The molecule has 5 heteroatoms. The van der Waals surface area contributed by atoms with Crippen molar-refractivity contribution in [3.8, 4) is 0 Å². The lowest BCUT2D eigenvalue weighted by Crippen LogP contribution is -2.43. The van der Waals surface area contributed by atoms with Gasteiger partial charge in [0.1, 0.15) is 0 Å². The fourth-order valence-corrected chi connectivity index (χ4v) is 2.44. The lowest BCUT2D eigenvalue weighted by Gasteiger charge is -2.33. The molecule has 18 heavy (non-hydrogen) atoms. The maximum Gasteiger partial charge on any atom is 0.159 e. The summed E-state index contributed by atoms with van der Waals surface area (Å²) in [6, 6.07) is 8.15. The smallest absolute Gasteiger partial charge is 0.159 e. The van der Waals surface area contributed by atoms with Crippen molar-refractivity contribution in [2.45, 2.75) is 6.10 Å². The van der Waals surface area contributed by atoms with Gasteiger partial charge in [-0.2, -0.15) is 5.10 Å². The van der Waals surface area contributed by atoms with Crippen LogP contribution in [0.15, 0.2) is 30.5 Å². The minimum Gasteiger partial charge on any atom is -0.373 e. The molecule has 1 saturated heterocycles. The van der Waals surface area contributed by atoms with Crippen molar-refractivity contribution in [1.29, 1.82) is 0 Å². The monoisotopic (exact) mass is 263 g/mol. The van der Waals surface area contributed by atoms with Crippen LogP contribution in [0, 0.1) is 0 Å². The molecule has 1 aromatic carbocycles. The van der Waals surface area contributed by atoms with Gasteiger partial charge in [0.2, 0.25) is 0 Å². The molecule has 1 fully saturated rings. The number of aromatic nitrogens is 2. The van der Waals surface area contributed by atoms with Gasteiger partial charge in [-0.25, -0.2) is 0 Å². The molecule has 2 aromatic rings. The maximum atomic E-state index is 5.86. The van der Waals surface area contributed by atoms with E-state index in [-0.39, 0.29) is 6.10 Å². The predicted octanol–water partition coefficient (Wildman–Crippen LogP) is 2.07. The first-order valence-corrected chi connectivity index (χ1v) is 6.55. The Labute approximate surface area is 111 Å². The van der Waals surface area contributed by atoms with E-state index in [2.05, 4.69) is 21.2 Å². The minimum absolute atomic E-state index is 0.0705. The number of morpholine rings is 1. The van der Waals surface area contributed by atoms with Crippen LogP contribution >= 0.6 is 11.6 Å². The average Bonchev–Trinajstić information content (AvgIpc) is 2.47. The highest BCUT2D eigenvalue weighted by Crippen LogP contribution is 2.24. The normalized spacial score (nSPS) is 20.3. The highest BCUT2D eigenvalue weighted by molar-refractivity contribution is 6.18. The summed E-state index contributed by atoms with van der Waals surface area (Å²) in [5.74, 6) is 1.43. The molecule has 0 spiro atoms. The number of benzene rings is 1. The maximum absolute atomic E-state index is 5.86. The van der Waals surface area contributed by atoms with Crippen LogP contribution in [0.1, 0.15) is 0 Å². The van der Waals surface area contributed by atoms with Crippen molar-refractivity contribution in [1.82, 2.24) is 10.2 Å². The SMILES string of the molecule is ClCC1CN(c2nncc3ccccc23)CCO1. The Kier molecular flexibility index (Phi) is 3.30.